The molecule has 1 atom stereocenters. The number of carbonyl (C=O) groups excluding carboxylic acids is 1. The molecular weight excluding hydrogens is 433 g/mol. The number of halogens is 3. The molecule has 0 saturated carbocycles. The van der Waals surface area contributed by atoms with Crippen molar-refractivity contribution in [3.05, 3.63) is 64.4 Å². The van der Waals surface area contributed by atoms with Gasteiger partial charge in [-0.25, -0.2) is 0 Å². The quantitative estimate of drug-likeness (QED) is 0.478. The molecule has 1 unspecified atom stereocenters. The zero-order valence-corrected chi connectivity index (χ0v) is 17.1. The van der Waals surface area contributed by atoms with E-state index in [2.05, 4.69) is 15.5 Å². The van der Waals surface area contributed by atoms with Crippen LogP contribution in [0.25, 0.3) is 11.4 Å². The molecule has 0 aliphatic heterocycles. The van der Waals surface area contributed by atoms with Crippen LogP contribution < -0.4 is 10.1 Å². The molecule has 0 saturated heterocycles. The van der Waals surface area contributed by atoms with Gasteiger partial charge in [0.05, 0.1) is 18.8 Å². The molecule has 11 heteroatoms. The van der Waals surface area contributed by atoms with Crippen molar-refractivity contribution in [1.29, 1.82) is 0 Å². The van der Waals surface area contributed by atoms with E-state index in [0.717, 1.165) is 12.1 Å². The maximum Gasteiger partial charge on any atom is 0.416 e. The summed E-state index contributed by atoms with van der Waals surface area (Å²) in [4.78, 5) is 12.4. The molecule has 1 aromatic heterocycles. The summed E-state index contributed by atoms with van der Waals surface area (Å²) < 4.78 is 45.3. The van der Waals surface area contributed by atoms with E-state index in [1.165, 1.54) is 16.7 Å². The monoisotopic (exact) mass is 452 g/mol. The van der Waals surface area contributed by atoms with Gasteiger partial charge in [-0.05, 0) is 54.2 Å². The fraction of sp³-hybridized carbons (Fsp3) is 0.250. The van der Waals surface area contributed by atoms with Crippen molar-refractivity contribution in [2.45, 2.75) is 18.8 Å². The molecule has 0 fully saturated rings. The summed E-state index contributed by atoms with van der Waals surface area (Å²) in [6, 6.07) is 11.3. The number of methoxy groups -OCH3 is 1. The highest BCUT2D eigenvalue weighted by Gasteiger charge is 2.30. The summed E-state index contributed by atoms with van der Waals surface area (Å²) in [5, 5.41) is 19.5. The number of aromatic nitrogens is 3. The van der Waals surface area contributed by atoms with Gasteiger partial charge in [-0.15, -0.1) is 0 Å². The minimum absolute atomic E-state index is 0.0500. The molecule has 31 heavy (non-hydrogen) atoms. The van der Waals surface area contributed by atoms with Crippen LogP contribution in [0, 0.1) is 4.77 Å². The number of carbonyl (C=O) groups is 1. The molecule has 3 N–H and O–H groups in total. The molecule has 0 radical (unpaired) electrons. The second kappa shape index (κ2) is 9.31. The van der Waals surface area contributed by atoms with Gasteiger partial charge in [0.15, 0.2) is 10.6 Å². The van der Waals surface area contributed by atoms with E-state index in [4.69, 9.17) is 17.0 Å². The van der Waals surface area contributed by atoms with Crippen molar-refractivity contribution in [3.8, 4) is 17.1 Å². The number of amides is 1. The van der Waals surface area contributed by atoms with Crippen LogP contribution in [0.4, 0.5) is 13.2 Å². The molecule has 164 valence electrons. The van der Waals surface area contributed by atoms with Crippen molar-refractivity contribution in [2.24, 2.45) is 0 Å². The summed E-state index contributed by atoms with van der Waals surface area (Å²) in [5.74, 6) is 0.602. The summed E-state index contributed by atoms with van der Waals surface area (Å²) >= 11 is 5.19. The largest absolute Gasteiger partial charge is 0.497 e. The predicted octanol–water partition coefficient (Wildman–Crippen LogP) is 3.48. The maximum absolute atomic E-state index is 12.8. The third-order valence-corrected chi connectivity index (χ3v) is 4.81. The van der Waals surface area contributed by atoms with E-state index < -0.39 is 23.8 Å². The van der Waals surface area contributed by atoms with E-state index >= 15 is 0 Å². The van der Waals surface area contributed by atoms with Crippen molar-refractivity contribution in [3.63, 3.8) is 0 Å². The van der Waals surface area contributed by atoms with Crippen LogP contribution in [-0.2, 0) is 17.5 Å². The third kappa shape index (κ3) is 5.50. The van der Waals surface area contributed by atoms with Crippen LogP contribution in [0.1, 0.15) is 17.2 Å². The van der Waals surface area contributed by atoms with Crippen molar-refractivity contribution < 1.29 is 27.8 Å². The first-order chi connectivity index (χ1) is 14.7. The van der Waals surface area contributed by atoms with E-state index in [1.54, 1.807) is 31.4 Å². The van der Waals surface area contributed by atoms with Gasteiger partial charge in [0.25, 0.3) is 0 Å². The number of aromatic amines is 1. The Kier molecular flexibility index (Phi) is 6.76. The molecule has 0 aliphatic rings. The predicted molar refractivity (Wildman–Crippen MR) is 109 cm³/mol. The van der Waals surface area contributed by atoms with E-state index in [9.17, 15) is 23.1 Å². The zero-order valence-electron chi connectivity index (χ0n) is 16.3. The molecule has 7 nitrogen and oxygen atoms in total. The molecule has 0 bridgehead atoms. The average molecular weight is 452 g/mol. The smallest absolute Gasteiger partial charge is 0.416 e. The first-order valence-corrected chi connectivity index (χ1v) is 9.51. The van der Waals surface area contributed by atoms with E-state index in [-0.39, 0.29) is 23.4 Å². The molecule has 2 aromatic carbocycles. The molecule has 1 amide bonds. The fourth-order valence-corrected chi connectivity index (χ4v) is 3.07. The van der Waals surface area contributed by atoms with Crippen molar-refractivity contribution >= 4 is 18.1 Å². The van der Waals surface area contributed by atoms with Gasteiger partial charge < -0.3 is 15.2 Å². The number of rotatable bonds is 7. The molecule has 3 aromatic rings. The highest BCUT2D eigenvalue weighted by atomic mass is 32.1. The summed E-state index contributed by atoms with van der Waals surface area (Å²) in [5.41, 5.74) is -0.122. The second-order valence-electron chi connectivity index (χ2n) is 6.61. The lowest BCUT2D eigenvalue weighted by Gasteiger charge is -2.15. The number of aliphatic hydroxyl groups excluding tert-OH is 1. The summed E-state index contributed by atoms with van der Waals surface area (Å²) in [6.45, 7) is -0.449. The number of nitrogens with zero attached hydrogens (tertiary/aromatic N) is 2. The molecule has 0 spiro atoms. The highest BCUT2D eigenvalue weighted by molar-refractivity contribution is 7.71. The molecular formula is C20H19F3N4O3S. The van der Waals surface area contributed by atoms with E-state index in [1.807, 2.05) is 0 Å². The maximum atomic E-state index is 12.8. The number of nitrogens with one attached hydrogen (secondary N) is 2. The second-order valence-corrected chi connectivity index (χ2v) is 7.00. The number of aliphatic hydroxyl groups is 1. The van der Waals surface area contributed by atoms with Gasteiger partial charge in [0.2, 0.25) is 5.91 Å². The Morgan fingerprint density at radius 3 is 2.65 bits per heavy atom. The lowest BCUT2D eigenvalue weighted by atomic mass is 10.1. The lowest BCUT2D eigenvalue weighted by Crippen LogP contribution is -2.31. The molecule has 3 rings (SSSR count). The van der Waals surface area contributed by atoms with Crippen LogP contribution in [0.15, 0.2) is 48.5 Å². The topological polar surface area (TPSA) is 92.2 Å². The number of ether oxygens (including phenoxy) is 1. The van der Waals surface area contributed by atoms with E-state index in [0.29, 0.717) is 17.1 Å². The standard InChI is InChI=1S/C20H19F3N4O3S/c1-30-15-7-5-12(6-8-15)18-25-26-19(31)27(18)11-17(29)24-10-16(28)13-3-2-4-14(9-13)20(21,22)23/h2-9,16,28H,10-11H2,1H3,(H,24,29)(H,26,31). The van der Waals surface area contributed by atoms with Crippen LogP contribution in [0.5, 0.6) is 5.75 Å². The zero-order chi connectivity index (χ0) is 22.6. The Bertz CT molecular complexity index is 1110. The van der Waals surface area contributed by atoms with Crippen LogP contribution >= 0.6 is 12.2 Å². The molecule has 1 heterocycles. The van der Waals surface area contributed by atoms with Gasteiger partial charge in [0.1, 0.15) is 12.3 Å². The third-order valence-electron chi connectivity index (χ3n) is 4.50. The van der Waals surface area contributed by atoms with Gasteiger partial charge in [-0.3, -0.25) is 14.5 Å². The summed E-state index contributed by atoms with van der Waals surface area (Å²) in [6.07, 6.45) is -5.82. The number of H-pyrrole nitrogens is 1. The summed E-state index contributed by atoms with van der Waals surface area (Å²) in [7, 11) is 1.54. The van der Waals surface area contributed by atoms with Crippen molar-refractivity contribution in [2.75, 3.05) is 13.7 Å². The van der Waals surface area contributed by atoms with Gasteiger partial charge >= 0.3 is 6.18 Å². The number of hydrogen-bond acceptors (Lipinski definition) is 5. The number of alkyl halides is 3. The SMILES string of the molecule is COc1ccc(-c2n[nH]c(=S)n2CC(=O)NCC(O)c2cccc(C(F)(F)F)c2)cc1. The van der Waals surface area contributed by atoms with Gasteiger partial charge in [-0.2, -0.15) is 18.3 Å². The Balaban J connectivity index is 1.66. The van der Waals surface area contributed by atoms with Crippen molar-refractivity contribution in [1.82, 2.24) is 20.1 Å². The number of benzene rings is 2. The first-order valence-electron chi connectivity index (χ1n) is 9.10. The van der Waals surface area contributed by atoms with Gasteiger partial charge in [0, 0.05) is 12.1 Å². The Morgan fingerprint density at radius 1 is 1.29 bits per heavy atom. The van der Waals surface area contributed by atoms with Crippen LogP contribution in [0.3, 0.4) is 0 Å². The minimum atomic E-state index is -4.52. The molecule has 0 aliphatic carbocycles. The van der Waals surface area contributed by atoms with Crippen LogP contribution in [0.2, 0.25) is 0 Å². The Labute approximate surface area is 180 Å². The highest BCUT2D eigenvalue weighted by Crippen LogP contribution is 2.30. The average Bonchev–Trinajstić information content (AvgIpc) is 3.11. The Hall–Kier alpha value is -3.18. The minimum Gasteiger partial charge on any atom is -0.497 e. The van der Waals surface area contributed by atoms with Crippen LogP contribution in [-0.4, -0.2) is 39.4 Å². The fourth-order valence-electron chi connectivity index (χ4n) is 2.87. The number of hydrogen-bond donors (Lipinski definition) is 3. The Morgan fingerprint density at radius 2 is 2.00 bits per heavy atom. The normalized spacial score (nSPS) is 12.4. The lowest BCUT2D eigenvalue weighted by molar-refractivity contribution is -0.137. The van der Waals surface area contributed by atoms with Gasteiger partial charge in [-0.1, -0.05) is 12.1 Å². The first kappa shape index (κ1) is 22.5.